The molecular weight excluding hydrogens is 448 g/mol. The number of H-pyrrole nitrogens is 1. The number of aryl methyl sites for hydroxylation is 2. The molecule has 4 aromatic heterocycles. The second kappa shape index (κ2) is 7.95. The molecule has 33 heavy (non-hydrogen) atoms. The highest BCUT2D eigenvalue weighted by Crippen LogP contribution is 2.33. The Labute approximate surface area is 191 Å². The van der Waals surface area contributed by atoms with E-state index < -0.39 is 5.91 Å². The lowest BCUT2D eigenvalue weighted by atomic mass is 10.2. The molecule has 11 nitrogen and oxygen atoms in total. The molecule has 3 N–H and O–H groups in total. The third-order valence-corrected chi connectivity index (χ3v) is 5.42. The van der Waals surface area contributed by atoms with Gasteiger partial charge in [-0.1, -0.05) is 16.8 Å². The number of aromatic nitrogens is 6. The van der Waals surface area contributed by atoms with Crippen LogP contribution in [0.25, 0.3) is 22.2 Å². The molecule has 1 amide bonds. The minimum absolute atomic E-state index is 0.100. The van der Waals surface area contributed by atoms with E-state index in [1.165, 1.54) is 21.5 Å². The lowest BCUT2D eigenvalue weighted by Gasteiger charge is -2.07. The lowest BCUT2D eigenvalue weighted by Crippen LogP contribution is -2.24. The molecular formula is C21H17ClN8O3. The maximum atomic E-state index is 12.5. The van der Waals surface area contributed by atoms with Crippen LogP contribution < -0.4 is 16.2 Å². The number of nitrogens with one attached hydrogen (secondary N) is 3. The average Bonchev–Trinajstić information content (AvgIpc) is 3.54. The zero-order chi connectivity index (χ0) is 23.1. The van der Waals surface area contributed by atoms with Gasteiger partial charge in [0, 0.05) is 43.5 Å². The minimum Gasteiger partial charge on any atom is -0.354 e. The standard InChI is InChI=1S/C21H17ClN8O3/c1-29-9-11(5-16(21(29)32)26-20(31)12-7-24-30(2)10-12)17-6-18(28-33-17)25-15-4-3-14-13(19(15)22)8-23-27-14/h3-10H,1-2H3,(H,23,27)(H,25,28)(H,26,31). The van der Waals surface area contributed by atoms with Crippen molar-refractivity contribution in [3.05, 3.63) is 70.0 Å². The molecule has 0 aliphatic heterocycles. The van der Waals surface area contributed by atoms with Crippen LogP contribution in [-0.4, -0.2) is 35.6 Å². The molecule has 0 radical (unpaired) electrons. The van der Waals surface area contributed by atoms with E-state index >= 15 is 0 Å². The maximum absolute atomic E-state index is 12.5. The van der Waals surface area contributed by atoms with E-state index in [0.29, 0.717) is 33.4 Å². The summed E-state index contributed by atoms with van der Waals surface area (Å²) in [6, 6.07) is 6.85. The van der Waals surface area contributed by atoms with Gasteiger partial charge in [-0.2, -0.15) is 10.2 Å². The van der Waals surface area contributed by atoms with Crippen LogP contribution in [0.2, 0.25) is 5.02 Å². The van der Waals surface area contributed by atoms with Crippen LogP contribution in [0, 0.1) is 0 Å². The third-order valence-electron chi connectivity index (χ3n) is 5.01. The molecule has 1 aromatic carbocycles. The fourth-order valence-electron chi connectivity index (χ4n) is 3.36. The molecule has 12 heteroatoms. The summed E-state index contributed by atoms with van der Waals surface area (Å²) in [7, 11) is 3.29. The number of pyridine rings is 1. The van der Waals surface area contributed by atoms with Gasteiger partial charge in [0.1, 0.15) is 5.69 Å². The van der Waals surface area contributed by atoms with Crippen molar-refractivity contribution in [2.24, 2.45) is 14.1 Å². The van der Waals surface area contributed by atoms with Crippen molar-refractivity contribution in [3.63, 3.8) is 0 Å². The monoisotopic (exact) mass is 464 g/mol. The van der Waals surface area contributed by atoms with Crippen LogP contribution in [0.3, 0.4) is 0 Å². The van der Waals surface area contributed by atoms with Gasteiger partial charge in [-0.25, -0.2) is 0 Å². The molecule has 0 fully saturated rings. The second-order valence-corrected chi connectivity index (χ2v) is 7.75. The molecule has 0 aliphatic carbocycles. The summed E-state index contributed by atoms with van der Waals surface area (Å²) in [6.07, 6.45) is 6.22. The molecule has 0 saturated carbocycles. The van der Waals surface area contributed by atoms with Crippen LogP contribution >= 0.6 is 11.6 Å². The summed E-state index contributed by atoms with van der Waals surface area (Å²) >= 11 is 6.45. The predicted molar refractivity (Wildman–Crippen MR) is 123 cm³/mol. The molecule has 0 bridgehead atoms. The Bertz CT molecular complexity index is 1560. The summed E-state index contributed by atoms with van der Waals surface area (Å²) < 4.78 is 8.32. The van der Waals surface area contributed by atoms with Crippen LogP contribution in [-0.2, 0) is 14.1 Å². The molecule has 0 unspecified atom stereocenters. The van der Waals surface area contributed by atoms with Crippen molar-refractivity contribution < 1.29 is 9.32 Å². The van der Waals surface area contributed by atoms with E-state index in [4.69, 9.17) is 16.1 Å². The smallest absolute Gasteiger partial charge is 0.274 e. The zero-order valence-corrected chi connectivity index (χ0v) is 18.2. The summed E-state index contributed by atoms with van der Waals surface area (Å²) in [5.41, 5.74) is 2.07. The molecule has 4 heterocycles. The van der Waals surface area contributed by atoms with E-state index in [0.717, 1.165) is 10.9 Å². The van der Waals surface area contributed by atoms with Crippen molar-refractivity contribution in [1.82, 2.24) is 29.7 Å². The van der Waals surface area contributed by atoms with Gasteiger partial charge in [0.15, 0.2) is 11.6 Å². The Morgan fingerprint density at radius 1 is 1.15 bits per heavy atom. The summed E-state index contributed by atoms with van der Waals surface area (Å²) in [5, 5.41) is 21.9. The summed E-state index contributed by atoms with van der Waals surface area (Å²) in [4.78, 5) is 25.0. The number of hydrogen-bond donors (Lipinski definition) is 3. The van der Waals surface area contributed by atoms with Crippen LogP contribution in [0.5, 0.6) is 0 Å². The first kappa shape index (κ1) is 20.5. The number of rotatable bonds is 5. The van der Waals surface area contributed by atoms with Gasteiger partial charge in [0.2, 0.25) is 0 Å². The minimum atomic E-state index is -0.443. The topological polar surface area (TPSA) is 136 Å². The lowest BCUT2D eigenvalue weighted by molar-refractivity contribution is 0.102. The van der Waals surface area contributed by atoms with Crippen molar-refractivity contribution in [1.29, 1.82) is 0 Å². The number of hydrogen-bond acceptors (Lipinski definition) is 7. The van der Waals surface area contributed by atoms with E-state index in [1.54, 1.807) is 44.8 Å². The Morgan fingerprint density at radius 2 is 2.00 bits per heavy atom. The third kappa shape index (κ3) is 3.85. The number of carbonyl (C=O) groups is 1. The fraction of sp³-hybridized carbons (Fsp3) is 0.0952. The van der Waals surface area contributed by atoms with E-state index in [-0.39, 0.29) is 11.2 Å². The van der Waals surface area contributed by atoms with E-state index in [2.05, 4.69) is 31.1 Å². The van der Waals surface area contributed by atoms with Gasteiger partial charge >= 0.3 is 0 Å². The molecule has 0 saturated heterocycles. The number of aromatic amines is 1. The first-order chi connectivity index (χ1) is 15.9. The van der Waals surface area contributed by atoms with Crippen LogP contribution in [0.15, 0.2) is 58.4 Å². The van der Waals surface area contributed by atoms with Crippen molar-refractivity contribution >= 4 is 45.6 Å². The zero-order valence-electron chi connectivity index (χ0n) is 17.5. The Balaban J connectivity index is 1.42. The van der Waals surface area contributed by atoms with Gasteiger partial charge in [-0.05, 0) is 18.2 Å². The first-order valence-electron chi connectivity index (χ1n) is 9.75. The molecule has 5 aromatic rings. The number of amides is 1. The SMILES string of the molecule is Cn1cc(C(=O)Nc2cc(-c3cc(Nc4ccc5[nH]ncc5c4Cl)no3)cn(C)c2=O)cn1. The Morgan fingerprint density at radius 3 is 2.79 bits per heavy atom. The highest BCUT2D eigenvalue weighted by atomic mass is 35.5. The maximum Gasteiger partial charge on any atom is 0.274 e. The van der Waals surface area contributed by atoms with Gasteiger partial charge in [-0.15, -0.1) is 0 Å². The number of nitrogens with zero attached hydrogens (tertiary/aromatic N) is 5. The van der Waals surface area contributed by atoms with Crippen LogP contribution in [0.1, 0.15) is 10.4 Å². The molecule has 0 aliphatic rings. The molecule has 166 valence electrons. The Hall–Kier alpha value is -4.38. The fourth-order valence-corrected chi connectivity index (χ4v) is 3.62. The summed E-state index contributed by atoms with van der Waals surface area (Å²) in [6.45, 7) is 0. The summed E-state index contributed by atoms with van der Waals surface area (Å²) in [5.74, 6) is 0.372. The number of fused-ring (bicyclic) bond motifs is 1. The van der Waals surface area contributed by atoms with E-state index in [1.807, 2.05) is 6.07 Å². The largest absolute Gasteiger partial charge is 0.354 e. The van der Waals surface area contributed by atoms with Crippen molar-refractivity contribution in [2.75, 3.05) is 10.6 Å². The number of halogens is 1. The second-order valence-electron chi connectivity index (χ2n) is 7.38. The van der Waals surface area contributed by atoms with Gasteiger partial charge < -0.3 is 19.7 Å². The number of benzene rings is 1. The quantitative estimate of drug-likeness (QED) is 0.363. The molecule has 5 rings (SSSR count). The van der Waals surface area contributed by atoms with Gasteiger partial charge in [-0.3, -0.25) is 19.4 Å². The van der Waals surface area contributed by atoms with Gasteiger partial charge in [0.05, 0.1) is 34.2 Å². The molecule has 0 spiro atoms. The number of carbonyl (C=O) groups excluding carboxylic acids is 1. The normalized spacial score (nSPS) is 11.1. The van der Waals surface area contributed by atoms with Crippen LogP contribution in [0.4, 0.5) is 17.2 Å². The van der Waals surface area contributed by atoms with E-state index in [9.17, 15) is 9.59 Å². The molecule has 0 atom stereocenters. The van der Waals surface area contributed by atoms with Crippen molar-refractivity contribution in [2.45, 2.75) is 0 Å². The van der Waals surface area contributed by atoms with Gasteiger partial charge in [0.25, 0.3) is 11.5 Å². The highest BCUT2D eigenvalue weighted by Gasteiger charge is 2.16. The number of anilines is 3. The van der Waals surface area contributed by atoms with Crippen molar-refractivity contribution in [3.8, 4) is 11.3 Å². The Kier molecular flexibility index (Phi) is 4.94. The predicted octanol–water partition coefficient (Wildman–Crippen LogP) is 3.30. The highest BCUT2D eigenvalue weighted by molar-refractivity contribution is 6.38. The average molecular weight is 465 g/mol. The first-order valence-corrected chi connectivity index (χ1v) is 10.1.